The van der Waals surface area contributed by atoms with Gasteiger partial charge in [-0.05, 0) is 24.6 Å². The Labute approximate surface area is 143 Å². The molecule has 0 fully saturated rings. The molecule has 0 unspecified atom stereocenters. The number of rotatable bonds is 5. The van der Waals surface area contributed by atoms with Crippen LogP contribution in [0.25, 0.3) is 0 Å². The van der Waals surface area contributed by atoms with Crippen LogP contribution in [0.1, 0.15) is 39.8 Å². The van der Waals surface area contributed by atoms with Crippen molar-refractivity contribution in [3.8, 4) is 5.75 Å². The molecule has 0 amide bonds. The molecule has 0 spiro atoms. The maximum absolute atomic E-state index is 11.8. The Kier molecular flexibility index (Phi) is 5.59. The summed E-state index contributed by atoms with van der Waals surface area (Å²) >= 11 is 0. The Morgan fingerprint density at radius 1 is 1.16 bits per heavy atom. The molecule has 2 aromatic rings. The molecular formula is C18H18O7. The number of benzene rings is 1. The minimum Gasteiger partial charge on any atom is -0.502 e. The molecule has 0 aliphatic rings. The van der Waals surface area contributed by atoms with Gasteiger partial charge in [0.1, 0.15) is 5.76 Å². The minimum absolute atomic E-state index is 0.0266. The van der Waals surface area contributed by atoms with Crippen molar-refractivity contribution < 1.29 is 28.6 Å². The van der Waals surface area contributed by atoms with Crippen molar-refractivity contribution in [1.29, 1.82) is 0 Å². The van der Waals surface area contributed by atoms with E-state index in [4.69, 9.17) is 4.42 Å². The van der Waals surface area contributed by atoms with E-state index < -0.39 is 29.0 Å². The van der Waals surface area contributed by atoms with E-state index in [1.807, 2.05) is 0 Å². The zero-order valence-corrected chi connectivity index (χ0v) is 14.1. The molecule has 1 aromatic carbocycles. The molecular weight excluding hydrogens is 328 g/mol. The summed E-state index contributed by atoms with van der Waals surface area (Å²) in [6.07, 6.45) is -0.145. The Balaban J connectivity index is 2.52. The van der Waals surface area contributed by atoms with Crippen LogP contribution in [0.3, 0.4) is 0 Å². The van der Waals surface area contributed by atoms with E-state index in [9.17, 15) is 19.5 Å². The first-order valence-electron chi connectivity index (χ1n) is 7.46. The van der Waals surface area contributed by atoms with Gasteiger partial charge in [0.05, 0.1) is 32.1 Å². The molecule has 1 heterocycles. The molecule has 7 heteroatoms. The van der Waals surface area contributed by atoms with Crippen LogP contribution in [0, 0.1) is 6.92 Å². The fraction of sp³-hybridized carbons (Fsp3) is 0.278. The SMILES string of the molecule is COC(=O)C[C@@H](c1ccc(C(=O)OC)cc1)c1oc(C)cc(=O)c1O. The molecule has 0 radical (unpaired) electrons. The van der Waals surface area contributed by atoms with Crippen LogP contribution in [-0.4, -0.2) is 31.3 Å². The summed E-state index contributed by atoms with van der Waals surface area (Å²) in [5.41, 5.74) is 0.305. The van der Waals surface area contributed by atoms with E-state index in [1.165, 1.54) is 26.4 Å². The number of methoxy groups -OCH3 is 2. The van der Waals surface area contributed by atoms with E-state index in [0.29, 0.717) is 16.9 Å². The molecule has 0 aliphatic carbocycles. The molecule has 1 atom stereocenters. The second kappa shape index (κ2) is 7.65. The van der Waals surface area contributed by atoms with Crippen molar-refractivity contribution in [1.82, 2.24) is 0 Å². The normalized spacial score (nSPS) is 11.6. The Morgan fingerprint density at radius 3 is 2.36 bits per heavy atom. The average molecular weight is 346 g/mol. The van der Waals surface area contributed by atoms with Gasteiger partial charge in [0.15, 0.2) is 5.76 Å². The van der Waals surface area contributed by atoms with Crippen LogP contribution in [0.5, 0.6) is 5.75 Å². The summed E-state index contributed by atoms with van der Waals surface area (Å²) in [5.74, 6) is -2.06. The van der Waals surface area contributed by atoms with E-state index in [-0.39, 0.29) is 12.2 Å². The van der Waals surface area contributed by atoms with Gasteiger partial charge in [0.25, 0.3) is 0 Å². The van der Waals surface area contributed by atoms with Crippen molar-refractivity contribution >= 4 is 11.9 Å². The summed E-state index contributed by atoms with van der Waals surface area (Å²) in [6, 6.07) is 7.41. The molecule has 0 aliphatic heterocycles. The lowest BCUT2D eigenvalue weighted by Crippen LogP contribution is -2.14. The third-order valence-electron chi connectivity index (χ3n) is 3.72. The average Bonchev–Trinajstić information content (AvgIpc) is 2.62. The third kappa shape index (κ3) is 4.06. The quantitative estimate of drug-likeness (QED) is 0.827. The predicted octanol–water partition coefficient (Wildman–Crippen LogP) is 2.14. The summed E-state index contributed by atoms with van der Waals surface area (Å²) in [5, 5.41) is 10.1. The first kappa shape index (κ1) is 18.3. The Bertz CT molecular complexity index is 833. The number of ether oxygens (including phenoxy) is 2. The van der Waals surface area contributed by atoms with Gasteiger partial charge >= 0.3 is 11.9 Å². The van der Waals surface area contributed by atoms with Crippen LogP contribution in [0.15, 0.2) is 39.5 Å². The van der Waals surface area contributed by atoms with Gasteiger partial charge in [-0.3, -0.25) is 9.59 Å². The van der Waals surface area contributed by atoms with Gasteiger partial charge < -0.3 is 19.0 Å². The van der Waals surface area contributed by atoms with E-state index in [0.717, 1.165) is 6.07 Å². The third-order valence-corrected chi connectivity index (χ3v) is 3.72. The maximum Gasteiger partial charge on any atom is 0.337 e. The van der Waals surface area contributed by atoms with Crippen molar-refractivity contribution in [2.24, 2.45) is 0 Å². The number of hydrogen-bond donors (Lipinski definition) is 1. The molecule has 25 heavy (non-hydrogen) atoms. The first-order chi connectivity index (χ1) is 11.9. The first-order valence-corrected chi connectivity index (χ1v) is 7.46. The Hall–Kier alpha value is -3.09. The molecule has 132 valence electrons. The minimum atomic E-state index is -0.744. The van der Waals surface area contributed by atoms with Crippen molar-refractivity contribution in [3.63, 3.8) is 0 Å². The highest BCUT2D eigenvalue weighted by Gasteiger charge is 2.26. The number of hydrogen-bond acceptors (Lipinski definition) is 7. The zero-order valence-electron chi connectivity index (χ0n) is 14.1. The van der Waals surface area contributed by atoms with E-state index in [1.54, 1.807) is 19.1 Å². The monoisotopic (exact) mass is 346 g/mol. The summed E-state index contributed by atoms with van der Waals surface area (Å²) in [7, 11) is 2.52. The number of aryl methyl sites for hydroxylation is 1. The fourth-order valence-electron chi connectivity index (χ4n) is 2.44. The predicted molar refractivity (Wildman–Crippen MR) is 87.6 cm³/mol. The fourth-order valence-corrected chi connectivity index (χ4v) is 2.44. The molecule has 1 N–H and O–H groups in total. The lowest BCUT2D eigenvalue weighted by molar-refractivity contribution is -0.140. The maximum atomic E-state index is 11.8. The zero-order chi connectivity index (χ0) is 18.6. The van der Waals surface area contributed by atoms with Crippen LogP contribution >= 0.6 is 0 Å². The largest absolute Gasteiger partial charge is 0.502 e. The van der Waals surface area contributed by atoms with Crippen LogP contribution in [0.2, 0.25) is 0 Å². The molecule has 2 rings (SSSR count). The topological polar surface area (TPSA) is 103 Å². The van der Waals surface area contributed by atoms with Crippen LogP contribution < -0.4 is 5.43 Å². The second-order valence-electron chi connectivity index (χ2n) is 5.38. The standard InChI is InChI=1S/C18H18O7/c1-10-8-14(19)16(21)17(25-10)13(9-15(20)23-2)11-4-6-12(7-5-11)18(22)24-3/h4-8,13,21H,9H2,1-3H3/t13-/m0/s1. The molecule has 7 nitrogen and oxygen atoms in total. The highest BCUT2D eigenvalue weighted by Crippen LogP contribution is 2.33. The molecule has 0 saturated heterocycles. The van der Waals surface area contributed by atoms with Crippen molar-refractivity contribution in [2.45, 2.75) is 19.3 Å². The summed E-state index contributed by atoms with van der Waals surface area (Å²) in [4.78, 5) is 35.2. The highest BCUT2D eigenvalue weighted by atomic mass is 16.5. The van der Waals surface area contributed by atoms with Gasteiger partial charge in [-0.2, -0.15) is 0 Å². The number of carbonyl (C=O) groups excluding carboxylic acids is 2. The second-order valence-corrected chi connectivity index (χ2v) is 5.38. The Morgan fingerprint density at radius 2 is 1.80 bits per heavy atom. The van der Waals surface area contributed by atoms with Gasteiger partial charge in [-0.25, -0.2) is 4.79 Å². The van der Waals surface area contributed by atoms with E-state index in [2.05, 4.69) is 9.47 Å². The summed E-state index contributed by atoms with van der Waals surface area (Å²) < 4.78 is 14.8. The van der Waals surface area contributed by atoms with E-state index >= 15 is 0 Å². The number of aromatic hydroxyl groups is 1. The smallest absolute Gasteiger partial charge is 0.337 e. The van der Waals surface area contributed by atoms with Gasteiger partial charge in [0, 0.05) is 6.07 Å². The van der Waals surface area contributed by atoms with Crippen molar-refractivity contribution in [3.05, 3.63) is 63.2 Å². The molecule has 0 bridgehead atoms. The number of esters is 2. The molecule has 0 saturated carbocycles. The highest BCUT2D eigenvalue weighted by molar-refractivity contribution is 5.89. The molecule has 1 aromatic heterocycles. The van der Waals surface area contributed by atoms with Crippen LogP contribution in [0.4, 0.5) is 0 Å². The van der Waals surface area contributed by atoms with Gasteiger partial charge in [-0.15, -0.1) is 0 Å². The van der Waals surface area contributed by atoms with Crippen molar-refractivity contribution in [2.75, 3.05) is 14.2 Å². The summed E-state index contributed by atoms with van der Waals surface area (Å²) in [6.45, 7) is 1.57. The lowest BCUT2D eigenvalue weighted by atomic mass is 9.91. The lowest BCUT2D eigenvalue weighted by Gasteiger charge is -2.17. The van der Waals surface area contributed by atoms with Gasteiger partial charge in [-0.1, -0.05) is 12.1 Å². The van der Waals surface area contributed by atoms with Gasteiger partial charge in [0.2, 0.25) is 11.2 Å². The number of carbonyl (C=O) groups is 2. The van der Waals surface area contributed by atoms with Crippen LogP contribution in [-0.2, 0) is 14.3 Å².